The number of hydrogen-bond acceptors (Lipinski definition) is 3. The van der Waals surface area contributed by atoms with Gasteiger partial charge in [-0.15, -0.1) is 0 Å². The van der Waals surface area contributed by atoms with Gasteiger partial charge in [0.25, 0.3) is 5.91 Å². The number of aryl methyl sites for hydroxylation is 2. The molecular formula is C19H29N4O3+. The number of benzene rings is 1. The molecule has 7 nitrogen and oxygen atoms in total. The molecule has 0 bridgehead atoms. The molecule has 1 aromatic carbocycles. The van der Waals surface area contributed by atoms with Crippen molar-refractivity contribution in [2.45, 2.75) is 26.7 Å². The Labute approximate surface area is 154 Å². The summed E-state index contributed by atoms with van der Waals surface area (Å²) in [5, 5.41) is 2.86. The molecule has 4 N–H and O–H groups in total. The highest BCUT2D eigenvalue weighted by Crippen LogP contribution is 2.16. The average molecular weight is 361 g/mol. The fourth-order valence-corrected chi connectivity index (χ4v) is 3.27. The number of carbonyl (C=O) groups is 3. The Balaban J connectivity index is 1.85. The summed E-state index contributed by atoms with van der Waals surface area (Å²) in [5.74, 6) is -0.792. The van der Waals surface area contributed by atoms with Crippen LogP contribution in [0.4, 0.5) is 5.69 Å². The van der Waals surface area contributed by atoms with E-state index in [9.17, 15) is 14.4 Å². The van der Waals surface area contributed by atoms with E-state index in [2.05, 4.69) is 5.32 Å². The summed E-state index contributed by atoms with van der Waals surface area (Å²) in [6.07, 6.45) is 1.67. The lowest BCUT2D eigenvalue weighted by Crippen LogP contribution is -3.14. The van der Waals surface area contributed by atoms with Crippen molar-refractivity contribution >= 4 is 23.4 Å². The van der Waals surface area contributed by atoms with Crippen molar-refractivity contribution < 1.29 is 19.3 Å². The number of carbonyl (C=O) groups excluding carboxylic acids is 3. The molecule has 0 aliphatic carbocycles. The highest BCUT2D eigenvalue weighted by molar-refractivity contribution is 5.95. The van der Waals surface area contributed by atoms with Crippen molar-refractivity contribution in [3.63, 3.8) is 0 Å². The van der Waals surface area contributed by atoms with Crippen molar-refractivity contribution in [3.05, 3.63) is 29.3 Å². The van der Waals surface area contributed by atoms with Gasteiger partial charge in [-0.05, 0) is 43.9 Å². The summed E-state index contributed by atoms with van der Waals surface area (Å²) in [4.78, 5) is 38.5. The zero-order chi connectivity index (χ0) is 19.3. The number of likely N-dealkylation sites (N-methyl/N-ethyl adjacent to an activating group) is 1. The number of piperidine rings is 1. The van der Waals surface area contributed by atoms with Gasteiger partial charge < -0.3 is 20.9 Å². The lowest BCUT2D eigenvalue weighted by Gasteiger charge is -2.29. The zero-order valence-corrected chi connectivity index (χ0v) is 15.8. The summed E-state index contributed by atoms with van der Waals surface area (Å²) < 4.78 is 0. The zero-order valence-electron chi connectivity index (χ0n) is 15.8. The van der Waals surface area contributed by atoms with Crippen molar-refractivity contribution in [3.8, 4) is 0 Å². The quantitative estimate of drug-likeness (QED) is 0.636. The van der Waals surface area contributed by atoms with Crippen molar-refractivity contribution in [2.24, 2.45) is 11.7 Å². The van der Waals surface area contributed by atoms with Crippen molar-refractivity contribution in [1.29, 1.82) is 0 Å². The number of nitrogens with one attached hydrogen (secondary N) is 2. The van der Waals surface area contributed by atoms with Gasteiger partial charge in [-0.2, -0.15) is 0 Å². The molecule has 1 aromatic rings. The highest BCUT2D eigenvalue weighted by Gasteiger charge is 2.29. The maximum absolute atomic E-state index is 12.4. The molecule has 1 fully saturated rings. The third-order valence-electron chi connectivity index (χ3n) is 4.90. The number of amides is 3. The number of rotatable bonds is 6. The summed E-state index contributed by atoms with van der Waals surface area (Å²) in [6, 6.07) is 5.85. The number of primary amides is 1. The first-order valence-electron chi connectivity index (χ1n) is 9.00. The summed E-state index contributed by atoms with van der Waals surface area (Å²) in [7, 11) is 1.62. The number of nitrogens with zero attached hydrogens (tertiary/aromatic N) is 1. The first-order chi connectivity index (χ1) is 12.3. The molecular weight excluding hydrogens is 332 g/mol. The molecule has 7 heteroatoms. The van der Waals surface area contributed by atoms with E-state index in [0.29, 0.717) is 6.54 Å². The average Bonchev–Trinajstić information content (AvgIpc) is 2.58. The monoisotopic (exact) mass is 361 g/mol. The maximum atomic E-state index is 12.4. The number of nitrogens with two attached hydrogens (primary N) is 1. The Kier molecular flexibility index (Phi) is 6.74. The smallest absolute Gasteiger partial charge is 0.277 e. The van der Waals surface area contributed by atoms with Crippen LogP contribution in [0, 0.1) is 19.8 Å². The van der Waals surface area contributed by atoms with Crippen LogP contribution in [0.25, 0.3) is 0 Å². The van der Waals surface area contributed by atoms with E-state index in [1.165, 1.54) is 4.90 Å². The predicted octanol–water partition coefficient (Wildman–Crippen LogP) is -0.519. The van der Waals surface area contributed by atoms with Crippen LogP contribution in [0.3, 0.4) is 0 Å². The Hall–Kier alpha value is -2.41. The van der Waals surface area contributed by atoms with Crippen LogP contribution >= 0.6 is 0 Å². The Morgan fingerprint density at radius 3 is 2.73 bits per heavy atom. The molecule has 26 heavy (non-hydrogen) atoms. The molecule has 1 unspecified atom stereocenters. The van der Waals surface area contributed by atoms with Crippen LogP contribution in [-0.2, 0) is 14.4 Å². The van der Waals surface area contributed by atoms with Gasteiger partial charge >= 0.3 is 0 Å². The maximum Gasteiger partial charge on any atom is 0.277 e. The standard InChI is InChI=1S/C19H28N4O3/c1-13-6-7-14(2)16(9-13)21-17(24)11-22(3)18(25)12-23-8-4-5-15(10-23)19(20)26/h6-7,9,15H,4-5,8,10-12H2,1-3H3,(H2,20,26)(H,21,24)/p+1/t15-/m0/s1. The summed E-state index contributed by atoms with van der Waals surface area (Å²) in [5.41, 5.74) is 8.19. The second-order valence-corrected chi connectivity index (χ2v) is 7.24. The van der Waals surface area contributed by atoms with Gasteiger partial charge in [0.05, 0.1) is 25.6 Å². The van der Waals surface area contributed by atoms with Crippen LogP contribution in [0.5, 0.6) is 0 Å². The minimum atomic E-state index is -0.295. The SMILES string of the molecule is Cc1ccc(C)c(NC(=O)CN(C)C(=O)C[NH+]2CCC[C@H](C(N)=O)C2)c1. The largest absolute Gasteiger partial charge is 0.369 e. The molecule has 3 amide bonds. The topological polar surface area (TPSA) is 96.9 Å². The first-order valence-corrected chi connectivity index (χ1v) is 9.00. The first kappa shape index (κ1) is 19.9. The number of anilines is 1. The van der Waals surface area contributed by atoms with Gasteiger partial charge in [-0.3, -0.25) is 14.4 Å². The van der Waals surface area contributed by atoms with Crippen molar-refractivity contribution in [1.82, 2.24) is 4.90 Å². The molecule has 0 spiro atoms. The van der Waals surface area contributed by atoms with Gasteiger partial charge in [-0.25, -0.2) is 0 Å². The lowest BCUT2D eigenvalue weighted by atomic mass is 9.97. The molecule has 0 aromatic heterocycles. The third kappa shape index (κ3) is 5.56. The Morgan fingerprint density at radius 1 is 1.31 bits per heavy atom. The minimum Gasteiger partial charge on any atom is -0.369 e. The molecule has 142 valence electrons. The summed E-state index contributed by atoms with van der Waals surface area (Å²) in [6.45, 7) is 5.60. The minimum absolute atomic E-state index is 0.00125. The highest BCUT2D eigenvalue weighted by atomic mass is 16.2. The van der Waals surface area contributed by atoms with E-state index in [1.807, 2.05) is 32.0 Å². The van der Waals surface area contributed by atoms with E-state index >= 15 is 0 Å². The Bertz CT molecular complexity index is 689. The number of quaternary nitrogens is 1. The summed E-state index contributed by atoms with van der Waals surface area (Å²) >= 11 is 0. The number of likely N-dealkylation sites (tertiary alicyclic amines) is 1. The third-order valence-corrected chi connectivity index (χ3v) is 4.90. The van der Waals surface area contributed by atoms with Gasteiger partial charge in [0.15, 0.2) is 6.54 Å². The molecule has 1 saturated heterocycles. The molecule has 2 rings (SSSR count). The molecule has 1 aliphatic heterocycles. The lowest BCUT2D eigenvalue weighted by molar-refractivity contribution is -0.899. The van der Waals surface area contributed by atoms with Crippen molar-refractivity contribution in [2.75, 3.05) is 38.5 Å². The van der Waals surface area contributed by atoms with Gasteiger partial charge in [0.1, 0.15) is 0 Å². The van der Waals surface area contributed by atoms with Gasteiger partial charge in [0, 0.05) is 12.7 Å². The molecule has 2 atom stereocenters. The van der Waals surface area contributed by atoms with Crippen LogP contribution in [-0.4, -0.2) is 55.8 Å². The van der Waals surface area contributed by atoms with E-state index in [4.69, 9.17) is 5.73 Å². The normalized spacial score (nSPS) is 19.7. The van der Waals surface area contributed by atoms with Crippen LogP contribution in [0.1, 0.15) is 24.0 Å². The molecule has 1 aliphatic rings. The van der Waals surface area contributed by atoms with Crippen LogP contribution in [0.2, 0.25) is 0 Å². The van der Waals surface area contributed by atoms with Gasteiger partial charge in [0.2, 0.25) is 11.8 Å². The van der Waals surface area contributed by atoms with Crippen LogP contribution < -0.4 is 16.0 Å². The fraction of sp³-hybridized carbons (Fsp3) is 0.526. The van der Waals surface area contributed by atoms with E-state index in [-0.39, 0.29) is 36.7 Å². The molecule has 1 heterocycles. The predicted molar refractivity (Wildman–Crippen MR) is 99.7 cm³/mol. The second-order valence-electron chi connectivity index (χ2n) is 7.24. The van der Waals surface area contributed by atoms with E-state index < -0.39 is 0 Å². The number of hydrogen-bond donors (Lipinski definition) is 3. The van der Waals surface area contributed by atoms with E-state index in [0.717, 1.165) is 41.1 Å². The molecule has 0 saturated carbocycles. The Morgan fingerprint density at radius 2 is 2.04 bits per heavy atom. The fourth-order valence-electron chi connectivity index (χ4n) is 3.27. The van der Waals surface area contributed by atoms with E-state index in [1.54, 1.807) is 7.05 Å². The van der Waals surface area contributed by atoms with Gasteiger partial charge in [-0.1, -0.05) is 12.1 Å². The molecule has 0 radical (unpaired) electrons. The van der Waals surface area contributed by atoms with Crippen LogP contribution in [0.15, 0.2) is 18.2 Å². The second kappa shape index (κ2) is 8.80.